The van der Waals surface area contributed by atoms with Gasteiger partial charge < -0.3 is 9.88 Å². The number of benzene rings is 2. The molecule has 0 radical (unpaired) electrons. The lowest BCUT2D eigenvalue weighted by atomic mass is 10.0. The minimum absolute atomic E-state index is 0.0572. The van der Waals surface area contributed by atoms with E-state index in [1.807, 2.05) is 36.4 Å². The number of aromatic amines is 1. The van der Waals surface area contributed by atoms with Gasteiger partial charge in [-0.15, -0.1) is 0 Å². The van der Waals surface area contributed by atoms with Gasteiger partial charge in [-0.25, -0.2) is 0 Å². The van der Waals surface area contributed by atoms with E-state index in [4.69, 9.17) is 5.10 Å². The number of rotatable bonds is 1. The highest BCUT2D eigenvalue weighted by Crippen LogP contribution is 2.39. The third kappa shape index (κ3) is 2.28. The number of fused-ring (bicyclic) bond motifs is 5. The van der Waals surface area contributed by atoms with Crippen LogP contribution < -0.4 is 5.56 Å². The van der Waals surface area contributed by atoms with Gasteiger partial charge in [-0.05, 0) is 24.1 Å². The Morgan fingerprint density at radius 2 is 1.54 bits per heavy atom. The number of hydrogen-bond acceptors (Lipinski definition) is 4. The first-order chi connectivity index (χ1) is 12.7. The maximum absolute atomic E-state index is 12.6. The van der Waals surface area contributed by atoms with Crippen LogP contribution in [0.5, 0.6) is 0 Å². The molecule has 0 spiro atoms. The third-order valence-corrected chi connectivity index (χ3v) is 5.34. The molecular weight excluding hydrogens is 324 g/mol. The monoisotopic (exact) mass is 344 g/mol. The fourth-order valence-corrected chi connectivity index (χ4v) is 3.92. The predicted octanol–water partition coefficient (Wildman–Crippen LogP) is 2.51. The van der Waals surface area contributed by atoms with Crippen LogP contribution in [0.3, 0.4) is 0 Å². The number of piperazine rings is 1. The highest BCUT2D eigenvalue weighted by molar-refractivity contribution is 6.26. The van der Waals surface area contributed by atoms with Crippen LogP contribution in [0.2, 0.25) is 0 Å². The van der Waals surface area contributed by atoms with Gasteiger partial charge in [0, 0.05) is 42.7 Å². The molecule has 2 aromatic carbocycles. The van der Waals surface area contributed by atoms with E-state index in [-0.39, 0.29) is 5.56 Å². The third-order valence-electron chi connectivity index (χ3n) is 5.34. The van der Waals surface area contributed by atoms with Crippen molar-refractivity contribution < 1.29 is 0 Å². The fraction of sp³-hybridized carbons (Fsp3) is 0.238. The molecule has 1 N–H and O–H groups in total. The van der Waals surface area contributed by atoms with E-state index in [2.05, 4.69) is 34.1 Å². The number of hydrazone groups is 1. The van der Waals surface area contributed by atoms with Gasteiger partial charge in [0.15, 0.2) is 0 Å². The molecule has 2 aliphatic rings. The number of H-pyrrole nitrogens is 1. The van der Waals surface area contributed by atoms with Crippen molar-refractivity contribution in [3.05, 3.63) is 70.1 Å². The molecule has 1 aliphatic heterocycles. The molecule has 1 aliphatic carbocycles. The normalized spacial score (nSPS) is 18.3. The van der Waals surface area contributed by atoms with E-state index in [0.29, 0.717) is 0 Å². The molecule has 0 amide bonds. The molecule has 1 saturated heterocycles. The zero-order chi connectivity index (χ0) is 17.7. The summed E-state index contributed by atoms with van der Waals surface area (Å²) in [5.74, 6) is 0. The van der Waals surface area contributed by atoms with E-state index < -0.39 is 0 Å². The molecule has 3 aromatic rings. The molecule has 5 nitrogen and oxygen atoms in total. The molecule has 5 rings (SSSR count). The van der Waals surface area contributed by atoms with Crippen molar-refractivity contribution in [1.29, 1.82) is 0 Å². The van der Waals surface area contributed by atoms with E-state index in [0.717, 1.165) is 65.0 Å². The van der Waals surface area contributed by atoms with E-state index in [9.17, 15) is 4.79 Å². The van der Waals surface area contributed by atoms with Crippen molar-refractivity contribution in [2.24, 2.45) is 5.10 Å². The van der Waals surface area contributed by atoms with Gasteiger partial charge >= 0.3 is 0 Å². The first-order valence-corrected chi connectivity index (χ1v) is 8.99. The quantitative estimate of drug-likeness (QED) is 0.577. The number of likely N-dealkylation sites (N-methyl/N-ethyl adjacent to an activating group) is 1. The van der Waals surface area contributed by atoms with E-state index in [1.54, 1.807) is 0 Å². The number of nitrogens with zero attached hydrogens (tertiary/aromatic N) is 3. The summed E-state index contributed by atoms with van der Waals surface area (Å²) in [5.41, 5.74) is 4.98. The average molecular weight is 344 g/mol. The summed E-state index contributed by atoms with van der Waals surface area (Å²) >= 11 is 0. The van der Waals surface area contributed by atoms with Gasteiger partial charge in [0.05, 0.1) is 5.69 Å². The summed E-state index contributed by atoms with van der Waals surface area (Å²) in [6.07, 6.45) is 0. The molecule has 0 atom stereocenters. The van der Waals surface area contributed by atoms with Crippen molar-refractivity contribution in [3.8, 4) is 11.1 Å². The maximum Gasteiger partial charge on any atom is 0.256 e. The second kappa shape index (κ2) is 5.81. The Bertz CT molecular complexity index is 1090. The first kappa shape index (κ1) is 15.3. The topological polar surface area (TPSA) is 51.7 Å². The lowest BCUT2D eigenvalue weighted by molar-refractivity contribution is 0.159. The molecular formula is C21H20N4O. The Kier molecular flexibility index (Phi) is 3.43. The van der Waals surface area contributed by atoms with Gasteiger partial charge in [-0.1, -0.05) is 42.5 Å². The first-order valence-electron chi connectivity index (χ1n) is 8.99. The van der Waals surface area contributed by atoms with E-state index in [1.165, 1.54) is 0 Å². The van der Waals surface area contributed by atoms with Gasteiger partial charge in [0.25, 0.3) is 5.56 Å². The molecule has 0 saturated carbocycles. The van der Waals surface area contributed by atoms with Crippen LogP contribution in [0.4, 0.5) is 0 Å². The second-order valence-corrected chi connectivity index (χ2v) is 7.00. The lowest BCUT2D eigenvalue weighted by Crippen LogP contribution is -2.42. The summed E-state index contributed by atoms with van der Waals surface area (Å²) in [6, 6.07) is 16.1. The molecule has 5 heteroatoms. The SMILES string of the molecule is CN1CCN(N=C2c3ccccc3-c3c2[nH]c(=O)c2ccccc32)CC1. The van der Waals surface area contributed by atoms with Crippen LogP contribution >= 0.6 is 0 Å². The van der Waals surface area contributed by atoms with Crippen LogP contribution in [0, 0.1) is 0 Å². The molecule has 0 unspecified atom stereocenters. The highest BCUT2D eigenvalue weighted by atomic mass is 16.1. The van der Waals surface area contributed by atoms with Crippen LogP contribution in [0.1, 0.15) is 11.3 Å². The minimum Gasteiger partial charge on any atom is -0.319 e. The van der Waals surface area contributed by atoms with Crippen LogP contribution in [0.25, 0.3) is 21.9 Å². The van der Waals surface area contributed by atoms with E-state index >= 15 is 0 Å². The number of pyridine rings is 1. The number of nitrogens with one attached hydrogen (secondary N) is 1. The molecule has 0 bridgehead atoms. The maximum atomic E-state index is 12.6. The summed E-state index contributed by atoms with van der Waals surface area (Å²) in [6.45, 7) is 3.80. The van der Waals surface area contributed by atoms with Gasteiger partial charge in [-0.3, -0.25) is 9.80 Å². The Balaban J connectivity index is 1.75. The molecule has 130 valence electrons. The van der Waals surface area contributed by atoms with Crippen molar-refractivity contribution in [1.82, 2.24) is 14.9 Å². The Labute approximate surface area is 151 Å². The summed E-state index contributed by atoms with van der Waals surface area (Å²) in [4.78, 5) is 18.1. The van der Waals surface area contributed by atoms with Gasteiger partial charge in [-0.2, -0.15) is 5.10 Å². The fourth-order valence-electron chi connectivity index (χ4n) is 3.92. The average Bonchev–Trinajstić information content (AvgIpc) is 2.98. The zero-order valence-corrected chi connectivity index (χ0v) is 14.7. The summed E-state index contributed by atoms with van der Waals surface area (Å²) in [5, 5.41) is 8.79. The van der Waals surface area contributed by atoms with Crippen molar-refractivity contribution in [2.45, 2.75) is 0 Å². The molecule has 2 heterocycles. The zero-order valence-electron chi connectivity index (χ0n) is 14.7. The van der Waals surface area contributed by atoms with Gasteiger partial charge in [0.2, 0.25) is 0 Å². The van der Waals surface area contributed by atoms with Crippen molar-refractivity contribution in [2.75, 3.05) is 33.2 Å². The van der Waals surface area contributed by atoms with Crippen molar-refractivity contribution in [3.63, 3.8) is 0 Å². The summed E-state index contributed by atoms with van der Waals surface area (Å²) < 4.78 is 0. The standard InChI is InChI=1S/C21H20N4O/c1-24-10-12-25(13-11-24)23-19-16-8-4-2-6-14(16)18-15-7-3-5-9-17(15)21(26)22-20(18)19/h2-9H,10-13H2,1H3,(H,22,26). The minimum atomic E-state index is -0.0572. The van der Waals surface area contributed by atoms with Gasteiger partial charge in [0.1, 0.15) is 5.71 Å². The molecule has 26 heavy (non-hydrogen) atoms. The number of hydrogen-bond donors (Lipinski definition) is 1. The second-order valence-electron chi connectivity index (χ2n) is 7.00. The smallest absolute Gasteiger partial charge is 0.256 e. The lowest BCUT2D eigenvalue weighted by Gasteiger charge is -2.30. The number of aromatic nitrogens is 1. The Morgan fingerprint density at radius 1 is 0.885 bits per heavy atom. The van der Waals surface area contributed by atoms with Crippen LogP contribution in [0.15, 0.2) is 58.4 Å². The Morgan fingerprint density at radius 3 is 2.31 bits per heavy atom. The molecule has 1 aromatic heterocycles. The Hall–Kier alpha value is -2.92. The largest absolute Gasteiger partial charge is 0.319 e. The predicted molar refractivity (Wildman–Crippen MR) is 105 cm³/mol. The van der Waals surface area contributed by atoms with Crippen LogP contribution in [-0.2, 0) is 0 Å². The molecule has 1 fully saturated rings. The summed E-state index contributed by atoms with van der Waals surface area (Å²) in [7, 11) is 2.13. The highest BCUT2D eigenvalue weighted by Gasteiger charge is 2.29. The van der Waals surface area contributed by atoms with Crippen LogP contribution in [-0.4, -0.2) is 53.8 Å². The van der Waals surface area contributed by atoms with Crippen molar-refractivity contribution >= 4 is 16.5 Å².